The Labute approximate surface area is 211 Å². The van der Waals surface area contributed by atoms with Gasteiger partial charge in [-0.3, -0.25) is 9.59 Å². The SMILES string of the molecule is CC[C@@H](CNc1ccc(OC(F)(F)F)cc1)NC(=O)[C@H](CCC1CCCC1)CC(=O)N1CCOCC1. The fourth-order valence-electron chi connectivity index (χ4n) is 4.85. The van der Waals surface area contributed by atoms with Crippen LogP contribution in [0.2, 0.25) is 0 Å². The van der Waals surface area contributed by atoms with Crippen LogP contribution in [0.4, 0.5) is 18.9 Å². The van der Waals surface area contributed by atoms with Crippen molar-refractivity contribution in [1.82, 2.24) is 10.2 Å². The van der Waals surface area contributed by atoms with Gasteiger partial charge in [0.25, 0.3) is 0 Å². The molecular weight excluding hydrogens is 475 g/mol. The van der Waals surface area contributed by atoms with Crippen molar-refractivity contribution in [3.05, 3.63) is 24.3 Å². The standard InChI is InChI=1S/C26H38F3N3O4/c1-2-21(18-30-22-9-11-23(12-10-22)36-26(27,28)29)31-25(34)20(8-7-19-5-3-4-6-19)17-24(33)32-13-15-35-16-14-32/h9-12,19-21,30H,2-8,13-18H2,1H3,(H,31,34)/t20-,21+/m1/s1. The lowest BCUT2D eigenvalue weighted by atomic mass is 9.91. The molecule has 0 spiro atoms. The summed E-state index contributed by atoms with van der Waals surface area (Å²) in [6, 6.07) is 5.30. The molecular formula is C26H38F3N3O4. The molecule has 1 heterocycles. The van der Waals surface area contributed by atoms with Gasteiger partial charge in [0, 0.05) is 43.7 Å². The number of hydrogen-bond acceptors (Lipinski definition) is 5. The van der Waals surface area contributed by atoms with Gasteiger partial charge in [0.2, 0.25) is 11.8 Å². The van der Waals surface area contributed by atoms with Crippen LogP contribution in [0.25, 0.3) is 0 Å². The van der Waals surface area contributed by atoms with E-state index < -0.39 is 6.36 Å². The zero-order chi connectivity index (χ0) is 26.0. The highest BCUT2D eigenvalue weighted by atomic mass is 19.4. The van der Waals surface area contributed by atoms with Crippen LogP contribution in [0.15, 0.2) is 24.3 Å². The van der Waals surface area contributed by atoms with Gasteiger partial charge in [-0.2, -0.15) is 0 Å². The minimum atomic E-state index is -4.73. The molecule has 1 aromatic rings. The average molecular weight is 514 g/mol. The lowest BCUT2D eigenvalue weighted by Gasteiger charge is -2.29. The van der Waals surface area contributed by atoms with E-state index in [4.69, 9.17) is 4.74 Å². The van der Waals surface area contributed by atoms with Crippen LogP contribution in [-0.4, -0.2) is 62.0 Å². The van der Waals surface area contributed by atoms with Crippen molar-refractivity contribution in [2.75, 3.05) is 38.2 Å². The van der Waals surface area contributed by atoms with E-state index in [1.165, 1.54) is 49.9 Å². The summed E-state index contributed by atoms with van der Waals surface area (Å²) >= 11 is 0. The number of morpholine rings is 1. The van der Waals surface area contributed by atoms with Crippen LogP contribution in [0, 0.1) is 11.8 Å². The predicted molar refractivity (Wildman–Crippen MR) is 131 cm³/mol. The fraction of sp³-hybridized carbons (Fsp3) is 0.692. The van der Waals surface area contributed by atoms with Crippen LogP contribution >= 0.6 is 0 Å². The van der Waals surface area contributed by atoms with Crippen LogP contribution in [0.1, 0.15) is 58.3 Å². The number of nitrogens with zero attached hydrogens (tertiary/aromatic N) is 1. The van der Waals surface area contributed by atoms with E-state index in [0.717, 1.165) is 6.42 Å². The molecule has 1 aliphatic carbocycles. The number of carbonyl (C=O) groups excluding carboxylic acids is 2. The van der Waals surface area contributed by atoms with Gasteiger partial charge >= 0.3 is 6.36 Å². The van der Waals surface area contributed by atoms with Crippen molar-refractivity contribution in [3.63, 3.8) is 0 Å². The number of alkyl halides is 3. The summed E-state index contributed by atoms with van der Waals surface area (Å²) in [6.07, 6.45) is 2.64. The molecule has 0 bridgehead atoms. The van der Waals surface area contributed by atoms with Crippen molar-refractivity contribution < 1.29 is 32.2 Å². The Morgan fingerprint density at radius 2 is 1.81 bits per heavy atom. The molecule has 2 N–H and O–H groups in total. The molecule has 0 aromatic heterocycles. The van der Waals surface area contributed by atoms with Crippen LogP contribution in [0.5, 0.6) is 5.75 Å². The summed E-state index contributed by atoms with van der Waals surface area (Å²) in [5, 5.41) is 6.25. The van der Waals surface area contributed by atoms with Crippen molar-refractivity contribution in [3.8, 4) is 5.75 Å². The van der Waals surface area contributed by atoms with E-state index in [9.17, 15) is 22.8 Å². The molecule has 0 unspecified atom stereocenters. The smallest absolute Gasteiger partial charge is 0.406 e. The first-order valence-electron chi connectivity index (χ1n) is 13.0. The number of anilines is 1. The number of carbonyl (C=O) groups is 2. The number of hydrogen-bond donors (Lipinski definition) is 2. The lowest BCUT2D eigenvalue weighted by Crippen LogP contribution is -2.45. The average Bonchev–Trinajstić information content (AvgIpc) is 3.38. The Kier molecular flexibility index (Phi) is 10.7. The highest BCUT2D eigenvalue weighted by Crippen LogP contribution is 2.31. The van der Waals surface area contributed by atoms with Gasteiger partial charge in [-0.1, -0.05) is 32.6 Å². The molecule has 1 saturated carbocycles. The molecule has 2 aliphatic rings. The molecule has 36 heavy (non-hydrogen) atoms. The van der Waals surface area contributed by atoms with E-state index in [-0.39, 0.29) is 35.9 Å². The first-order valence-corrected chi connectivity index (χ1v) is 13.0. The normalized spacial score (nSPS) is 18.5. The molecule has 10 heteroatoms. The summed E-state index contributed by atoms with van der Waals surface area (Å²) in [5.41, 5.74) is 0.623. The summed E-state index contributed by atoms with van der Waals surface area (Å²) in [4.78, 5) is 27.9. The number of halogens is 3. The topological polar surface area (TPSA) is 79.9 Å². The molecule has 7 nitrogen and oxygen atoms in total. The molecule has 3 rings (SSSR count). The minimum absolute atomic E-state index is 0.00258. The summed E-state index contributed by atoms with van der Waals surface area (Å²) in [7, 11) is 0. The van der Waals surface area contributed by atoms with E-state index in [0.29, 0.717) is 57.3 Å². The Hall–Kier alpha value is -2.49. The van der Waals surface area contributed by atoms with Gasteiger partial charge in [-0.05, 0) is 49.4 Å². The Morgan fingerprint density at radius 3 is 2.42 bits per heavy atom. The third kappa shape index (κ3) is 9.52. The van der Waals surface area contributed by atoms with E-state index in [2.05, 4.69) is 15.4 Å². The largest absolute Gasteiger partial charge is 0.573 e. The van der Waals surface area contributed by atoms with Gasteiger partial charge in [-0.25, -0.2) is 0 Å². The zero-order valence-corrected chi connectivity index (χ0v) is 20.9. The Morgan fingerprint density at radius 1 is 1.14 bits per heavy atom. The third-order valence-corrected chi connectivity index (χ3v) is 7.03. The number of ether oxygens (including phenoxy) is 2. The first-order chi connectivity index (χ1) is 17.2. The van der Waals surface area contributed by atoms with Crippen LogP contribution in [-0.2, 0) is 14.3 Å². The molecule has 1 saturated heterocycles. The Balaban J connectivity index is 1.54. The van der Waals surface area contributed by atoms with Crippen LogP contribution in [0.3, 0.4) is 0 Å². The minimum Gasteiger partial charge on any atom is -0.406 e. The summed E-state index contributed by atoms with van der Waals surface area (Å²) < 4.78 is 46.3. The van der Waals surface area contributed by atoms with Crippen LogP contribution < -0.4 is 15.4 Å². The maximum Gasteiger partial charge on any atom is 0.573 e. The molecule has 2 amide bonds. The van der Waals surface area contributed by atoms with Crippen molar-refractivity contribution >= 4 is 17.5 Å². The highest BCUT2D eigenvalue weighted by Gasteiger charge is 2.31. The molecule has 202 valence electrons. The van der Waals surface area contributed by atoms with Gasteiger partial charge in [0.15, 0.2) is 0 Å². The second-order valence-electron chi connectivity index (χ2n) is 9.69. The van der Waals surface area contributed by atoms with Gasteiger partial charge < -0.3 is 25.0 Å². The van der Waals surface area contributed by atoms with E-state index >= 15 is 0 Å². The molecule has 1 aliphatic heterocycles. The Bertz CT molecular complexity index is 823. The quantitative estimate of drug-likeness (QED) is 0.423. The highest BCUT2D eigenvalue weighted by molar-refractivity contribution is 5.86. The third-order valence-electron chi connectivity index (χ3n) is 7.03. The second kappa shape index (κ2) is 13.7. The molecule has 0 radical (unpaired) electrons. The number of rotatable bonds is 12. The molecule has 2 atom stereocenters. The lowest BCUT2D eigenvalue weighted by molar-refractivity contribution is -0.274. The van der Waals surface area contributed by atoms with Gasteiger partial charge in [0.1, 0.15) is 5.75 Å². The summed E-state index contributed by atoms with van der Waals surface area (Å²) in [5.74, 6) is -0.154. The van der Waals surface area contributed by atoms with E-state index in [1.54, 1.807) is 4.90 Å². The van der Waals surface area contributed by atoms with Gasteiger partial charge in [-0.15, -0.1) is 13.2 Å². The van der Waals surface area contributed by atoms with E-state index in [1.807, 2.05) is 6.92 Å². The molecule has 2 fully saturated rings. The predicted octanol–water partition coefficient (Wildman–Crippen LogP) is 4.73. The fourth-order valence-corrected chi connectivity index (χ4v) is 4.85. The number of amides is 2. The van der Waals surface area contributed by atoms with Gasteiger partial charge in [0.05, 0.1) is 13.2 Å². The second-order valence-corrected chi connectivity index (χ2v) is 9.69. The van der Waals surface area contributed by atoms with Crippen molar-refractivity contribution in [1.29, 1.82) is 0 Å². The maximum atomic E-state index is 13.3. The number of nitrogens with one attached hydrogen (secondary N) is 2. The molecule has 1 aromatic carbocycles. The number of benzene rings is 1. The van der Waals surface area contributed by atoms with Crippen molar-refractivity contribution in [2.45, 2.75) is 70.7 Å². The monoisotopic (exact) mass is 513 g/mol. The zero-order valence-electron chi connectivity index (χ0n) is 20.9. The van der Waals surface area contributed by atoms with Crippen molar-refractivity contribution in [2.24, 2.45) is 11.8 Å². The first kappa shape index (κ1) is 28.1. The maximum absolute atomic E-state index is 13.3. The summed E-state index contributed by atoms with van der Waals surface area (Å²) in [6.45, 7) is 4.54.